The quantitative estimate of drug-likeness (QED) is 0.868. The third-order valence-corrected chi connectivity index (χ3v) is 3.94. The van der Waals surface area contributed by atoms with Crippen LogP contribution in [0.4, 0.5) is 0 Å². The molecule has 1 amide bonds. The summed E-state index contributed by atoms with van der Waals surface area (Å²) in [6.45, 7) is 1.97. The van der Waals surface area contributed by atoms with Crippen LogP contribution in [0.25, 0.3) is 0 Å². The molecule has 0 aromatic heterocycles. The number of ether oxygens (including phenoxy) is 1. The van der Waals surface area contributed by atoms with Crippen molar-refractivity contribution in [3.63, 3.8) is 0 Å². The topological polar surface area (TPSA) is 38.3 Å². The highest BCUT2D eigenvalue weighted by molar-refractivity contribution is 6.31. The number of aryl methyl sites for hydroxylation is 1. The van der Waals surface area contributed by atoms with Crippen LogP contribution >= 0.6 is 11.6 Å². The Balaban J connectivity index is 1.87. The highest BCUT2D eigenvalue weighted by Gasteiger charge is 2.10. The molecular formula is C18H20ClNO2. The number of rotatable bonds is 6. The first kappa shape index (κ1) is 16.4. The third kappa shape index (κ3) is 4.50. The lowest BCUT2D eigenvalue weighted by Gasteiger charge is -2.15. The van der Waals surface area contributed by atoms with Gasteiger partial charge in [-0.15, -0.1) is 0 Å². The zero-order valence-electron chi connectivity index (χ0n) is 12.8. The molecule has 2 aromatic rings. The zero-order chi connectivity index (χ0) is 15.9. The lowest BCUT2D eigenvalue weighted by atomic mass is 10.1. The molecule has 0 bridgehead atoms. The highest BCUT2D eigenvalue weighted by atomic mass is 35.5. The average Bonchev–Trinajstić information content (AvgIpc) is 2.54. The van der Waals surface area contributed by atoms with Crippen LogP contribution < -0.4 is 10.1 Å². The fourth-order valence-corrected chi connectivity index (χ4v) is 2.47. The summed E-state index contributed by atoms with van der Waals surface area (Å²) in [5.74, 6) is 0.823. The number of halogens is 1. The van der Waals surface area contributed by atoms with Gasteiger partial charge in [0.15, 0.2) is 0 Å². The van der Waals surface area contributed by atoms with Gasteiger partial charge in [-0.25, -0.2) is 0 Å². The lowest BCUT2D eigenvalue weighted by molar-refractivity contribution is -0.121. The van der Waals surface area contributed by atoms with Gasteiger partial charge in [-0.3, -0.25) is 4.79 Å². The molecule has 4 heteroatoms. The van der Waals surface area contributed by atoms with E-state index < -0.39 is 0 Å². The Morgan fingerprint density at radius 3 is 2.50 bits per heavy atom. The van der Waals surface area contributed by atoms with Crippen molar-refractivity contribution in [3.05, 3.63) is 64.7 Å². The second-order valence-corrected chi connectivity index (χ2v) is 5.56. The summed E-state index contributed by atoms with van der Waals surface area (Å²) in [6.07, 6.45) is 1.06. The second kappa shape index (κ2) is 7.85. The van der Waals surface area contributed by atoms with E-state index in [0.29, 0.717) is 17.9 Å². The summed E-state index contributed by atoms with van der Waals surface area (Å²) < 4.78 is 5.13. The molecule has 0 saturated heterocycles. The molecule has 0 aliphatic carbocycles. The van der Waals surface area contributed by atoms with Crippen molar-refractivity contribution in [2.24, 2.45) is 0 Å². The van der Waals surface area contributed by atoms with E-state index in [1.807, 2.05) is 55.5 Å². The van der Waals surface area contributed by atoms with Crippen molar-refractivity contribution in [2.45, 2.75) is 25.8 Å². The van der Waals surface area contributed by atoms with Gasteiger partial charge in [0.1, 0.15) is 5.75 Å². The number of carbonyl (C=O) groups excluding carboxylic acids is 1. The molecule has 0 aliphatic heterocycles. The van der Waals surface area contributed by atoms with Crippen molar-refractivity contribution in [1.82, 2.24) is 5.32 Å². The lowest BCUT2D eigenvalue weighted by Crippen LogP contribution is -2.26. The van der Waals surface area contributed by atoms with Crippen LogP contribution in [0.3, 0.4) is 0 Å². The first-order chi connectivity index (χ1) is 10.6. The summed E-state index contributed by atoms with van der Waals surface area (Å²) in [4.78, 5) is 12.1. The highest BCUT2D eigenvalue weighted by Crippen LogP contribution is 2.19. The van der Waals surface area contributed by atoms with Gasteiger partial charge in [0.25, 0.3) is 0 Å². The maximum absolute atomic E-state index is 12.1. The van der Waals surface area contributed by atoms with Gasteiger partial charge in [-0.1, -0.05) is 41.9 Å². The summed E-state index contributed by atoms with van der Waals surface area (Å²) in [6, 6.07) is 15.3. The predicted octanol–water partition coefficient (Wildman–Crippen LogP) is 4.16. The molecule has 0 unspecified atom stereocenters. The van der Waals surface area contributed by atoms with Crippen molar-refractivity contribution in [3.8, 4) is 5.75 Å². The second-order valence-electron chi connectivity index (χ2n) is 5.15. The standard InChI is InChI=1S/C18H20ClNO2/c1-13(14-7-10-16(22-2)11-8-14)20-18(21)12-9-15-5-3-4-6-17(15)19/h3-8,10-11,13H,9,12H2,1-2H3,(H,20,21)/t13-/m0/s1. The molecule has 116 valence electrons. The molecule has 0 spiro atoms. The Hall–Kier alpha value is -2.00. The first-order valence-electron chi connectivity index (χ1n) is 7.27. The molecule has 1 atom stereocenters. The average molecular weight is 318 g/mol. The summed E-state index contributed by atoms with van der Waals surface area (Å²) in [5.41, 5.74) is 2.04. The van der Waals surface area contributed by atoms with E-state index in [4.69, 9.17) is 16.3 Å². The summed E-state index contributed by atoms with van der Waals surface area (Å²) >= 11 is 6.09. The van der Waals surface area contributed by atoms with Crippen molar-refractivity contribution in [2.75, 3.05) is 7.11 Å². The number of methoxy groups -OCH3 is 1. The Labute approximate surface area is 136 Å². The van der Waals surface area contributed by atoms with Crippen molar-refractivity contribution >= 4 is 17.5 Å². The minimum absolute atomic E-state index is 0.0169. The molecule has 0 heterocycles. The number of hydrogen-bond donors (Lipinski definition) is 1. The largest absolute Gasteiger partial charge is 0.497 e. The van der Waals surface area contributed by atoms with E-state index in [2.05, 4.69) is 5.32 Å². The number of amides is 1. The molecular weight excluding hydrogens is 298 g/mol. The van der Waals surface area contributed by atoms with Gasteiger partial charge < -0.3 is 10.1 Å². The van der Waals surface area contributed by atoms with E-state index in [1.165, 1.54) is 0 Å². The molecule has 0 fully saturated rings. The SMILES string of the molecule is COc1ccc([C@H](C)NC(=O)CCc2ccccc2Cl)cc1. The minimum atomic E-state index is -0.0374. The number of hydrogen-bond acceptors (Lipinski definition) is 2. The number of nitrogens with one attached hydrogen (secondary N) is 1. The molecule has 0 radical (unpaired) electrons. The van der Waals surface area contributed by atoms with Crippen LogP contribution in [0.15, 0.2) is 48.5 Å². The van der Waals surface area contributed by atoms with Crippen LogP contribution in [0.5, 0.6) is 5.75 Å². The molecule has 0 saturated carbocycles. The van der Waals surface area contributed by atoms with Crippen molar-refractivity contribution < 1.29 is 9.53 Å². The molecule has 0 aliphatic rings. The van der Waals surface area contributed by atoms with E-state index in [1.54, 1.807) is 7.11 Å². The van der Waals surface area contributed by atoms with E-state index >= 15 is 0 Å². The van der Waals surface area contributed by atoms with Gasteiger partial charge >= 0.3 is 0 Å². The van der Waals surface area contributed by atoms with E-state index in [0.717, 1.165) is 16.9 Å². The number of benzene rings is 2. The van der Waals surface area contributed by atoms with Crippen LogP contribution in [0.2, 0.25) is 5.02 Å². The monoisotopic (exact) mass is 317 g/mol. The van der Waals surface area contributed by atoms with Crippen LogP contribution in [0.1, 0.15) is 30.5 Å². The van der Waals surface area contributed by atoms with Crippen LogP contribution in [-0.2, 0) is 11.2 Å². The van der Waals surface area contributed by atoms with Crippen LogP contribution in [-0.4, -0.2) is 13.0 Å². The maximum Gasteiger partial charge on any atom is 0.220 e. The maximum atomic E-state index is 12.1. The van der Waals surface area contributed by atoms with Gasteiger partial charge in [0.2, 0.25) is 5.91 Å². The molecule has 3 nitrogen and oxygen atoms in total. The van der Waals surface area contributed by atoms with Gasteiger partial charge in [0, 0.05) is 11.4 Å². The Morgan fingerprint density at radius 1 is 1.18 bits per heavy atom. The Bertz CT molecular complexity index is 625. The van der Waals surface area contributed by atoms with Gasteiger partial charge in [-0.2, -0.15) is 0 Å². The normalized spacial score (nSPS) is 11.8. The van der Waals surface area contributed by atoms with Crippen molar-refractivity contribution in [1.29, 1.82) is 0 Å². The molecule has 2 aromatic carbocycles. The minimum Gasteiger partial charge on any atom is -0.497 e. The smallest absolute Gasteiger partial charge is 0.220 e. The Morgan fingerprint density at radius 2 is 1.86 bits per heavy atom. The molecule has 22 heavy (non-hydrogen) atoms. The summed E-state index contributed by atoms with van der Waals surface area (Å²) in [7, 11) is 1.63. The van der Waals surface area contributed by atoms with Gasteiger partial charge in [0.05, 0.1) is 13.2 Å². The van der Waals surface area contributed by atoms with Crippen LogP contribution in [0, 0.1) is 0 Å². The third-order valence-electron chi connectivity index (χ3n) is 3.57. The fraction of sp³-hybridized carbons (Fsp3) is 0.278. The summed E-state index contributed by atoms with van der Waals surface area (Å²) in [5, 5.41) is 3.71. The first-order valence-corrected chi connectivity index (χ1v) is 7.64. The predicted molar refractivity (Wildman–Crippen MR) is 89.3 cm³/mol. The Kier molecular flexibility index (Phi) is 5.84. The van der Waals surface area contributed by atoms with Gasteiger partial charge in [-0.05, 0) is 42.7 Å². The number of carbonyl (C=O) groups is 1. The fourth-order valence-electron chi connectivity index (χ4n) is 2.24. The molecule has 2 rings (SSSR count). The zero-order valence-corrected chi connectivity index (χ0v) is 13.6. The van der Waals surface area contributed by atoms with E-state index in [9.17, 15) is 4.79 Å². The molecule has 1 N–H and O–H groups in total. The van der Waals surface area contributed by atoms with E-state index in [-0.39, 0.29) is 11.9 Å².